The zero-order valence-electron chi connectivity index (χ0n) is 17.4. The Hall–Kier alpha value is -0.0162. The van der Waals surface area contributed by atoms with Crippen molar-refractivity contribution in [1.82, 2.24) is 0 Å². The van der Waals surface area contributed by atoms with Crippen LogP contribution in [0.25, 0.3) is 0 Å². The number of hydrogen-bond acceptors (Lipinski definition) is 4. The molecule has 0 saturated carbocycles. The van der Waals surface area contributed by atoms with Gasteiger partial charge in [0.05, 0.1) is 12.7 Å². The van der Waals surface area contributed by atoms with Gasteiger partial charge < -0.3 is 18.4 Å². The molecule has 1 aliphatic heterocycles. The minimum Gasteiger partial charge on any atom is -0.414 e. The molecule has 0 spiro atoms. The van der Waals surface area contributed by atoms with Crippen LogP contribution < -0.4 is 0 Å². The van der Waals surface area contributed by atoms with Crippen molar-refractivity contribution >= 4 is 22.9 Å². The van der Waals surface area contributed by atoms with Crippen molar-refractivity contribution in [2.24, 2.45) is 0 Å². The molecule has 0 aromatic rings. The van der Waals surface area contributed by atoms with Crippen molar-refractivity contribution in [3.8, 4) is 0 Å². The smallest absolute Gasteiger partial charge is 0.192 e. The molecule has 4 nitrogen and oxygen atoms in total. The summed E-state index contributed by atoms with van der Waals surface area (Å²) in [5.74, 6) is 0. The van der Waals surface area contributed by atoms with Gasteiger partial charge in [-0.3, -0.25) is 0 Å². The first-order chi connectivity index (χ1) is 10.6. The summed E-state index contributed by atoms with van der Waals surface area (Å²) in [6.07, 6.45) is 0.970. The molecule has 0 aliphatic carbocycles. The van der Waals surface area contributed by atoms with E-state index < -0.39 is 16.6 Å². The third kappa shape index (κ3) is 5.24. The molecule has 0 aromatic carbocycles. The van der Waals surface area contributed by atoms with Gasteiger partial charge in [-0.25, -0.2) is 0 Å². The van der Waals surface area contributed by atoms with Crippen molar-refractivity contribution in [3.05, 3.63) is 0 Å². The second-order valence-corrected chi connectivity index (χ2v) is 19.6. The molecule has 1 saturated heterocycles. The Morgan fingerprint density at radius 3 is 1.92 bits per heavy atom. The summed E-state index contributed by atoms with van der Waals surface area (Å²) in [4.78, 5) is 11.2. The normalized spacial score (nSPS) is 26.7. The van der Waals surface area contributed by atoms with E-state index >= 15 is 0 Å². The Morgan fingerprint density at radius 2 is 1.50 bits per heavy atom. The molecular formula is C18H38O4Si2. The lowest BCUT2D eigenvalue weighted by Gasteiger charge is -2.40. The Kier molecular flexibility index (Phi) is 6.71. The largest absolute Gasteiger partial charge is 0.414 e. The van der Waals surface area contributed by atoms with E-state index in [1.807, 2.05) is 0 Å². The van der Waals surface area contributed by atoms with Gasteiger partial charge >= 0.3 is 0 Å². The van der Waals surface area contributed by atoms with Crippen LogP contribution in [0.15, 0.2) is 0 Å². The van der Waals surface area contributed by atoms with Crippen LogP contribution in [0.4, 0.5) is 0 Å². The minimum atomic E-state index is -1.91. The summed E-state index contributed by atoms with van der Waals surface area (Å²) in [6, 6.07) is 0. The molecule has 0 aromatic heterocycles. The number of rotatable bonds is 6. The van der Waals surface area contributed by atoms with Crippen molar-refractivity contribution in [2.45, 2.75) is 103 Å². The van der Waals surface area contributed by atoms with Gasteiger partial charge in [0, 0.05) is 6.42 Å². The van der Waals surface area contributed by atoms with Crippen LogP contribution in [-0.2, 0) is 18.4 Å². The molecule has 1 aliphatic rings. The molecule has 6 heteroatoms. The van der Waals surface area contributed by atoms with Crippen LogP contribution in [0, 0.1) is 0 Å². The van der Waals surface area contributed by atoms with Crippen molar-refractivity contribution in [3.63, 3.8) is 0 Å². The van der Waals surface area contributed by atoms with E-state index in [0.29, 0.717) is 13.0 Å². The zero-order valence-corrected chi connectivity index (χ0v) is 19.4. The summed E-state index contributed by atoms with van der Waals surface area (Å²) >= 11 is 0. The summed E-state index contributed by atoms with van der Waals surface area (Å²) in [5.41, 5.74) is 0. The van der Waals surface area contributed by atoms with Gasteiger partial charge in [0.25, 0.3) is 0 Å². The minimum absolute atomic E-state index is 0.0501. The van der Waals surface area contributed by atoms with Gasteiger partial charge in [-0.1, -0.05) is 41.5 Å². The van der Waals surface area contributed by atoms with Crippen LogP contribution in [0.3, 0.4) is 0 Å². The van der Waals surface area contributed by atoms with Crippen molar-refractivity contribution in [1.29, 1.82) is 0 Å². The van der Waals surface area contributed by atoms with Crippen molar-refractivity contribution in [2.75, 3.05) is 6.61 Å². The number of aldehydes is 1. The standard InChI is InChI=1S/C18H38O4Si2/c1-17(2,3)23(7,8)20-13-16-15(11-14(12-19)21-16)22-24(9,10)18(4,5)6/h12,14-16H,11,13H2,1-10H3/t14-,15-,16+/m0/s1. The monoisotopic (exact) mass is 374 g/mol. The highest BCUT2D eigenvalue weighted by molar-refractivity contribution is 6.74. The molecule has 0 unspecified atom stereocenters. The Bertz CT molecular complexity index is 435. The summed E-state index contributed by atoms with van der Waals surface area (Å²) < 4.78 is 18.8. The Morgan fingerprint density at radius 1 is 1.00 bits per heavy atom. The van der Waals surface area contributed by atoms with Crippen LogP contribution in [0.2, 0.25) is 36.3 Å². The van der Waals surface area contributed by atoms with E-state index in [2.05, 4.69) is 67.7 Å². The summed E-state index contributed by atoms with van der Waals surface area (Å²) in [7, 11) is -3.75. The summed E-state index contributed by atoms with van der Waals surface area (Å²) in [6.45, 7) is 22.9. The highest BCUT2D eigenvalue weighted by Gasteiger charge is 2.46. The fourth-order valence-electron chi connectivity index (χ4n) is 2.17. The maximum atomic E-state index is 11.2. The fraction of sp³-hybridized carbons (Fsp3) is 0.944. The van der Waals surface area contributed by atoms with E-state index in [9.17, 15) is 4.79 Å². The Labute approximate surface area is 150 Å². The molecule has 0 amide bonds. The molecule has 0 N–H and O–H groups in total. The van der Waals surface area contributed by atoms with Crippen LogP contribution in [0.5, 0.6) is 0 Å². The van der Waals surface area contributed by atoms with E-state index in [1.165, 1.54) is 0 Å². The maximum absolute atomic E-state index is 11.2. The third-order valence-corrected chi connectivity index (χ3v) is 15.1. The molecule has 3 atom stereocenters. The van der Waals surface area contributed by atoms with E-state index in [0.717, 1.165) is 6.29 Å². The predicted octanol–water partition coefficient (Wildman–Crippen LogP) is 4.76. The second-order valence-electron chi connectivity index (χ2n) is 10.1. The predicted molar refractivity (Wildman–Crippen MR) is 105 cm³/mol. The SMILES string of the molecule is CC(C)(C)[Si](C)(C)OC[C@H]1O[C@H](C=O)C[C@@H]1O[Si](C)(C)C(C)(C)C. The molecule has 1 fully saturated rings. The molecule has 1 rings (SSSR count). The average molecular weight is 375 g/mol. The third-order valence-electron chi connectivity index (χ3n) is 6.05. The van der Waals surface area contributed by atoms with Crippen molar-refractivity contribution < 1.29 is 18.4 Å². The lowest BCUT2D eigenvalue weighted by atomic mass is 10.1. The van der Waals surface area contributed by atoms with Crippen LogP contribution >= 0.6 is 0 Å². The topological polar surface area (TPSA) is 44.8 Å². The molecule has 142 valence electrons. The van der Waals surface area contributed by atoms with E-state index in [-0.39, 0.29) is 28.4 Å². The highest BCUT2D eigenvalue weighted by atomic mass is 28.4. The number of hydrogen-bond donors (Lipinski definition) is 0. The first-order valence-electron chi connectivity index (χ1n) is 9.03. The maximum Gasteiger partial charge on any atom is 0.192 e. The number of ether oxygens (including phenoxy) is 1. The first kappa shape index (κ1) is 22.0. The lowest BCUT2D eigenvalue weighted by molar-refractivity contribution is -0.118. The van der Waals surface area contributed by atoms with Crippen LogP contribution in [0.1, 0.15) is 48.0 Å². The first-order valence-corrected chi connectivity index (χ1v) is 14.8. The van der Waals surface area contributed by atoms with E-state index in [1.54, 1.807) is 0 Å². The van der Waals surface area contributed by atoms with Gasteiger partial charge in [-0.05, 0) is 36.3 Å². The molecule has 0 bridgehead atoms. The molecule has 24 heavy (non-hydrogen) atoms. The number of carbonyl (C=O) groups excluding carboxylic acids is 1. The zero-order chi connectivity index (χ0) is 19.0. The van der Waals surface area contributed by atoms with Gasteiger partial charge in [-0.15, -0.1) is 0 Å². The number of carbonyl (C=O) groups is 1. The fourth-order valence-corrected chi connectivity index (χ4v) is 4.54. The second kappa shape index (κ2) is 7.31. The quantitative estimate of drug-likeness (QED) is 0.497. The van der Waals surface area contributed by atoms with E-state index in [4.69, 9.17) is 13.6 Å². The highest BCUT2D eigenvalue weighted by Crippen LogP contribution is 2.40. The van der Waals surface area contributed by atoms with Gasteiger partial charge in [-0.2, -0.15) is 0 Å². The lowest BCUT2D eigenvalue weighted by Crippen LogP contribution is -2.48. The molecular weight excluding hydrogens is 336 g/mol. The van der Waals surface area contributed by atoms with Crippen LogP contribution in [-0.4, -0.2) is 47.8 Å². The summed E-state index contributed by atoms with van der Waals surface area (Å²) in [5, 5.41) is 0.294. The Balaban J connectivity index is 2.82. The van der Waals surface area contributed by atoms with Gasteiger partial charge in [0.2, 0.25) is 0 Å². The average Bonchev–Trinajstić information content (AvgIpc) is 2.75. The molecule has 1 heterocycles. The van der Waals surface area contributed by atoms with Gasteiger partial charge in [0.15, 0.2) is 16.6 Å². The van der Waals surface area contributed by atoms with Gasteiger partial charge in [0.1, 0.15) is 18.5 Å². The molecule has 0 radical (unpaired) electrons.